The van der Waals surface area contributed by atoms with Crippen LogP contribution < -0.4 is 22.7 Å². The molecule has 0 aromatic rings. The summed E-state index contributed by atoms with van der Waals surface area (Å²) >= 11 is 0. The monoisotopic (exact) mass is 248 g/mol. The van der Waals surface area contributed by atoms with Crippen molar-refractivity contribution in [3.05, 3.63) is 0 Å². The van der Waals surface area contributed by atoms with Crippen molar-refractivity contribution < 1.29 is 19.2 Å². The van der Waals surface area contributed by atoms with Gasteiger partial charge in [-0.3, -0.25) is 5.43 Å². The fourth-order valence-corrected chi connectivity index (χ4v) is 1.64. The first-order valence-electron chi connectivity index (χ1n) is 5.01. The van der Waals surface area contributed by atoms with Gasteiger partial charge in [-0.05, 0) is 27.7 Å². The quantitative estimate of drug-likeness (QED) is 0.298. The minimum atomic E-state index is -0.874. The highest BCUT2D eigenvalue weighted by molar-refractivity contribution is 5.75. The van der Waals surface area contributed by atoms with Crippen molar-refractivity contribution in [3.63, 3.8) is 0 Å². The van der Waals surface area contributed by atoms with Crippen LogP contribution in [-0.4, -0.2) is 17.7 Å². The summed E-state index contributed by atoms with van der Waals surface area (Å²) in [5.41, 5.74) is 1.93. The summed E-state index contributed by atoms with van der Waals surface area (Å²) in [6.07, 6.45) is -0.524. The average molecular weight is 248 g/mol. The molecular formula is C9H20N4O4. The Morgan fingerprint density at radius 3 is 2.12 bits per heavy atom. The minimum Gasteiger partial charge on any atom is -0.443 e. The van der Waals surface area contributed by atoms with E-state index in [-0.39, 0.29) is 6.42 Å². The fraction of sp³-hybridized carbons (Fsp3) is 0.778. The Morgan fingerprint density at radius 1 is 1.18 bits per heavy atom. The summed E-state index contributed by atoms with van der Waals surface area (Å²) in [7, 11) is 0. The van der Waals surface area contributed by atoms with Crippen LogP contribution in [0.15, 0.2) is 0 Å². The molecule has 0 aromatic heterocycles. The molecule has 0 saturated carbocycles. The summed E-state index contributed by atoms with van der Waals surface area (Å²) in [4.78, 5) is 27.0. The van der Waals surface area contributed by atoms with Crippen LogP contribution in [0.4, 0.5) is 4.79 Å². The Labute approximate surface area is 99.9 Å². The molecule has 0 saturated heterocycles. The molecule has 0 radical (unpaired) electrons. The molecular weight excluding hydrogens is 228 g/mol. The number of hydrazine groups is 2. The standard InChI is InChI=1S/C9H20N4O4/c1-8(2,6(14)17-13-11)5-9(3,4)16-7(15)12-10/h13H,5,10-11H2,1-4H3,(H,12,15). The number of ether oxygens (including phenoxy) is 1. The predicted molar refractivity (Wildman–Crippen MR) is 59.7 cm³/mol. The van der Waals surface area contributed by atoms with E-state index in [2.05, 4.69) is 4.84 Å². The highest BCUT2D eigenvalue weighted by atomic mass is 16.7. The van der Waals surface area contributed by atoms with Gasteiger partial charge in [-0.25, -0.2) is 21.3 Å². The van der Waals surface area contributed by atoms with Crippen molar-refractivity contribution in [2.45, 2.75) is 39.7 Å². The number of nitrogens with two attached hydrogens (primary N) is 2. The lowest BCUT2D eigenvalue weighted by Crippen LogP contribution is -2.43. The van der Waals surface area contributed by atoms with Gasteiger partial charge in [0.15, 0.2) is 0 Å². The lowest BCUT2D eigenvalue weighted by Gasteiger charge is -2.32. The van der Waals surface area contributed by atoms with Crippen molar-refractivity contribution in [1.82, 2.24) is 11.0 Å². The molecule has 8 nitrogen and oxygen atoms in total. The van der Waals surface area contributed by atoms with Crippen molar-refractivity contribution in [1.29, 1.82) is 0 Å². The number of rotatable bonds is 5. The molecule has 0 atom stereocenters. The lowest BCUT2D eigenvalue weighted by atomic mass is 9.82. The van der Waals surface area contributed by atoms with E-state index in [9.17, 15) is 9.59 Å². The van der Waals surface area contributed by atoms with Crippen molar-refractivity contribution >= 4 is 12.1 Å². The van der Waals surface area contributed by atoms with Crippen LogP contribution in [0.25, 0.3) is 0 Å². The summed E-state index contributed by atoms with van der Waals surface area (Å²) in [6, 6.07) is 0. The molecule has 0 spiro atoms. The van der Waals surface area contributed by atoms with Crippen LogP contribution >= 0.6 is 0 Å². The highest BCUT2D eigenvalue weighted by Gasteiger charge is 2.38. The molecule has 0 rings (SSSR count). The molecule has 0 heterocycles. The number of carbonyl (C=O) groups is 2. The third-order valence-corrected chi connectivity index (χ3v) is 2.06. The molecule has 0 aliphatic carbocycles. The van der Waals surface area contributed by atoms with E-state index in [1.165, 1.54) is 0 Å². The number of hydrogen-bond acceptors (Lipinski definition) is 7. The second kappa shape index (κ2) is 5.80. The Bertz CT molecular complexity index is 291. The largest absolute Gasteiger partial charge is 0.443 e. The zero-order chi connectivity index (χ0) is 13.7. The fourth-order valence-electron chi connectivity index (χ4n) is 1.64. The molecule has 1 amide bonds. The summed E-state index contributed by atoms with van der Waals surface area (Å²) in [6.45, 7) is 6.62. The Balaban J connectivity index is 4.57. The second-order valence-corrected chi connectivity index (χ2v) is 4.86. The predicted octanol–water partition coefficient (Wildman–Crippen LogP) is -0.297. The van der Waals surface area contributed by atoms with Crippen LogP contribution in [-0.2, 0) is 14.4 Å². The molecule has 8 heteroatoms. The van der Waals surface area contributed by atoms with Gasteiger partial charge < -0.3 is 9.57 Å². The van der Waals surface area contributed by atoms with E-state index in [0.29, 0.717) is 0 Å². The molecule has 0 bridgehead atoms. The second-order valence-electron chi connectivity index (χ2n) is 4.86. The lowest BCUT2D eigenvalue weighted by molar-refractivity contribution is -0.165. The topological polar surface area (TPSA) is 129 Å². The Hall–Kier alpha value is -1.38. The van der Waals surface area contributed by atoms with Gasteiger partial charge in [0.25, 0.3) is 0 Å². The third kappa shape index (κ3) is 5.48. The maximum atomic E-state index is 11.6. The highest BCUT2D eigenvalue weighted by Crippen LogP contribution is 2.31. The van der Waals surface area contributed by atoms with E-state index in [4.69, 9.17) is 16.4 Å². The third-order valence-electron chi connectivity index (χ3n) is 2.06. The van der Waals surface area contributed by atoms with Gasteiger partial charge in [-0.2, -0.15) is 0 Å². The molecule has 0 aliphatic heterocycles. The number of amides is 1. The zero-order valence-corrected chi connectivity index (χ0v) is 10.5. The molecule has 0 aliphatic rings. The van der Waals surface area contributed by atoms with E-state index in [0.717, 1.165) is 0 Å². The Morgan fingerprint density at radius 2 is 1.71 bits per heavy atom. The number of carbonyl (C=O) groups excluding carboxylic acids is 2. The van der Waals surface area contributed by atoms with Gasteiger partial charge in [0.05, 0.1) is 5.41 Å². The van der Waals surface area contributed by atoms with Crippen LogP contribution in [0.2, 0.25) is 0 Å². The normalized spacial score (nSPS) is 11.9. The van der Waals surface area contributed by atoms with Crippen LogP contribution in [0.5, 0.6) is 0 Å². The summed E-state index contributed by atoms with van der Waals surface area (Å²) < 4.78 is 5.02. The molecule has 0 fully saturated rings. The van der Waals surface area contributed by atoms with Gasteiger partial charge in [-0.15, -0.1) is 0 Å². The van der Waals surface area contributed by atoms with Crippen molar-refractivity contribution in [3.8, 4) is 0 Å². The SMILES string of the molecule is CC(C)(CC(C)(C)C(=O)ONN)OC(=O)NN. The number of nitrogens with one attached hydrogen (secondary N) is 2. The minimum absolute atomic E-state index is 0.244. The summed E-state index contributed by atoms with van der Waals surface area (Å²) in [5, 5.41) is 0. The molecule has 0 unspecified atom stereocenters. The number of hydrogen-bond donors (Lipinski definition) is 4. The summed E-state index contributed by atoms with van der Waals surface area (Å²) in [5.74, 6) is 9.24. The molecule has 0 aromatic carbocycles. The van der Waals surface area contributed by atoms with Crippen LogP contribution in [0.1, 0.15) is 34.1 Å². The average Bonchev–Trinajstić information content (AvgIpc) is 2.15. The molecule has 17 heavy (non-hydrogen) atoms. The van der Waals surface area contributed by atoms with E-state index in [1.54, 1.807) is 27.7 Å². The van der Waals surface area contributed by atoms with Gasteiger partial charge in [0.2, 0.25) is 0 Å². The Kier molecular flexibility index (Phi) is 5.33. The first-order chi connectivity index (χ1) is 7.64. The molecule has 100 valence electrons. The maximum Gasteiger partial charge on any atom is 0.421 e. The first-order valence-corrected chi connectivity index (χ1v) is 5.01. The van der Waals surface area contributed by atoms with Gasteiger partial charge in [0.1, 0.15) is 5.60 Å². The van der Waals surface area contributed by atoms with E-state index in [1.807, 2.05) is 11.0 Å². The smallest absolute Gasteiger partial charge is 0.421 e. The van der Waals surface area contributed by atoms with Crippen molar-refractivity contribution in [2.75, 3.05) is 0 Å². The van der Waals surface area contributed by atoms with Gasteiger partial charge in [-0.1, -0.05) is 5.59 Å². The van der Waals surface area contributed by atoms with Crippen molar-refractivity contribution in [2.24, 2.45) is 17.1 Å². The van der Waals surface area contributed by atoms with E-state index >= 15 is 0 Å². The zero-order valence-electron chi connectivity index (χ0n) is 10.5. The van der Waals surface area contributed by atoms with Gasteiger partial charge in [0, 0.05) is 6.42 Å². The first kappa shape index (κ1) is 15.6. The molecule has 6 N–H and O–H groups in total. The van der Waals surface area contributed by atoms with Crippen LogP contribution in [0.3, 0.4) is 0 Å². The maximum absolute atomic E-state index is 11.6. The van der Waals surface area contributed by atoms with Crippen LogP contribution in [0, 0.1) is 5.41 Å². The van der Waals surface area contributed by atoms with Gasteiger partial charge >= 0.3 is 12.1 Å². The van der Waals surface area contributed by atoms with E-state index < -0.39 is 23.1 Å².